The number of piperidine rings is 1. The van der Waals surface area contributed by atoms with Crippen LogP contribution in [0.5, 0.6) is 0 Å². The summed E-state index contributed by atoms with van der Waals surface area (Å²) in [7, 11) is 0. The molecule has 2 atom stereocenters. The predicted molar refractivity (Wildman–Crippen MR) is 78.6 cm³/mol. The zero-order valence-corrected chi connectivity index (χ0v) is 13.3. The van der Waals surface area contributed by atoms with Gasteiger partial charge in [-0.1, -0.05) is 34.6 Å². The summed E-state index contributed by atoms with van der Waals surface area (Å²) in [5.74, 6) is -0.576. The third-order valence-electron chi connectivity index (χ3n) is 4.32. The molecule has 0 saturated carbocycles. The number of nitrogens with one attached hydrogen (secondary N) is 1. The lowest BCUT2D eigenvalue weighted by Crippen LogP contribution is -2.60. The first-order valence-electron chi connectivity index (χ1n) is 7.50. The Bertz CT molecular complexity index is 366. The zero-order valence-electron chi connectivity index (χ0n) is 13.3. The maximum atomic E-state index is 12.4. The molecule has 1 aliphatic heterocycles. The fraction of sp³-hybridized carbons (Fsp3) is 0.867. The Morgan fingerprint density at radius 3 is 2.45 bits per heavy atom. The lowest BCUT2D eigenvalue weighted by molar-refractivity contribution is -0.148. The predicted octanol–water partition coefficient (Wildman–Crippen LogP) is 2.71. The van der Waals surface area contributed by atoms with Crippen molar-refractivity contribution in [2.75, 3.05) is 6.54 Å². The highest BCUT2D eigenvalue weighted by atomic mass is 16.4. The Morgan fingerprint density at radius 2 is 2.00 bits per heavy atom. The first-order chi connectivity index (χ1) is 9.20. The van der Waals surface area contributed by atoms with Gasteiger partial charge in [-0.3, -0.25) is 0 Å². The van der Waals surface area contributed by atoms with E-state index in [0.29, 0.717) is 12.5 Å². The molecule has 2 N–H and O–H groups in total. The standard InChI is InChI=1S/C15H28N2O3/c1-6-11(10(2)3)16-14(20)17-9-7-8-15(4,5)12(17)13(18)19/h10-12H,6-9H2,1-5H3,(H,16,20)(H,18,19). The van der Waals surface area contributed by atoms with Crippen molar-refractivity contribution in [3.05, 3.63) is 0 Å². The third kappa shape index (κ3) is 3.64. The zero-order chi connectivity index (χ0) is 15.5. The molecule has 2 amide bonds. The molecule has 1 heterocycles. The van der Waals surface area contributed by atoms with Gasteiger partial charge in [0.25, 0.3) is 0 Å². The summed E-state index contributed by atoms with van der Waals surface area (Å²) >= 11 is 0. The molecule has 20 heavy (non-hydrogen) atoms. The number of aliphatic carboxylic acids is 1. The topological polar surface area (TPSA) is 69.6 Å². The van der Waals surface area contributed by atoms with Gasteiger partial charge < -0.3 is 15.3 Å². The molecule has 0 aromatic rings. The van der Waals surface area contributed by atoms with E-state index in [1.54, 1.807) is 0 Å². The number of carbonyl (C=O) groups is 2. The van der Waals surface area contributed by atoms with Crippen LogP contribution in [0.2, 0.25) is 0 Å². The largest absolute Gasteiger partial charge is 0.480 e. The van der Waals surface area contributed by atoms with E-state index in [1.165, 1.54) is 4.90 Å². The molecule has 0 aromatic carbocycles. The van der Waals surface area contributed by atoms with Gasteiger partial charge in [0.05, 0.1) is 0 Å². The molecule has 1 fully saturated rings. The van der Waals surface area contributed by atoms with Gasteiger partial charge in [0.1, 0.15) is 6.04 Å². The first kappa shape index (κ1) is 16.8. The summed E-state index contributed by atoms with van der Waals surface area (Å²) in [4.78, 5) is 25.5. The molecule has 0 aliphatic carbocycles. The smallest absolute Gasteiger partial charge is 0.327 e. The van der Waals surface area contributed by atoms with E-state index in [2.05, 4.69) is 19.2 Å². The second kappa shape index (κ2) is 6.46. The van der Waals surface area contributed by atoms with Crippen LogP contribution in [0.15, 0.2) is 0 Å². The summed E-state index contributed by atoms with van der Waals surface area (Å²) < 4.78 is 0. The number of hydrogen-bond acceptors (Lipinski definition) is 2. The molecule has 116 valence electrons. The second-order valence-electron chi connectivity index (χ2n) is 6.73. The number of carboxylic acids is 1. The Hall–Kier alpha value is -1.26. The van der Waals surface area contributed by atoms with Crippen LogP contribution in [0, 0.1) is 11.3 Å². The normalized spacial score (nSPS) is 23.5. The van der Waals surface area contributed by atoms with Crippen LogP contribution in [0.1, 0.15) is 53.9 Å². The fourth-order valence-corrected chi connectivity index (χ4v) is 3.06. The Morgan fingerprint density at radius 1 is 1.40 bits per heavy atom. The van der Waals surface area contributed by atoms with Gasteiger partial charge >= 0.3 is 12.0 Å². The summed E-state index contributed by atoms with van der Waals surface area (Å²) in [6.07, 6.45) is 2.52. The minimum absolute atomic E-state index is 0.0852. The van der Waals surface area contributed by atoms with Crippen LogP contribution in [-0.4, -0.2) is 40.6 Å². The van der Waals surface area contributed by atoms with Gasteiger partial charge in [-0.05, 0) is 30.6 Å². The van der Waals surface area contributed by atoms with E-state index in [-0.39, 0.29) is 17.5 Å². The van der Waals surface area contributed by atoms with Crippen LogP contribution >= 0.6 is 0 Å². The highest BCUT2D eigenvalue weighted by Gasteiger charge is 2.44. The van der Waals surface area contributed by atoms with Gasteiger partial charge in [-0.25, -0.2) is 9.59 Å². The molecule has 0 aromatic heterocycles. The van der Waals surface area contributed by atoms with Crippen LogP contribution in [0.4, 0.5) is 4.79 Å². The van der Waals surface area contributed by atoms with Gasteiger partial charge in [-0.15, -0.1) is 0 Å². The van der Waals surface area contributed by atoms with Crippen LogP contribution < -0.4 is 5.32 Å². The quantitative estimate of drug-likeness (QED) is 0.834. The van der Waals surface area contributed by atoms with Crippen molar-refractivity contribution in [1.82, 2.24) is 10.2 Å². The van der Waals surface area contributed by atoms with E-state index in [4.69, 9.17) is 0 Å². The molecule has 0 radical (unpaired) electrons. The maximum absolute atomic E-state index is 12.4. The molecule has 1 rings (SSSR count). The number of nitrogens with zero attached hydrogens (tertiary/aromatic N) is 1. The number of urea groups is 1. The van der Waals surface area contributed by atoms with E-state index in [9.17, 15) is 14.7 Å². The summed E-state index contributed by atoms with van der Waals surface area (Å²) in [5, 5.41) is 12.5. The summed E-state index contributed by atoms with van der Waals surface area (Å²) in [5.41, 5.74) is -0.388. The van der Waals surface area contributed by atoms with E-state index in [1.807, 2.05) is 20.8 Å². The molecule has 5 heteroatoms. The molecule has 1 aliphatic rings. The van der Waals surface area contributed by atoms with Crippen molar-refractivity contribution < 1.29 is 14.7 Å². The van der Waals surface area contributed by atoms with Gasteiger partial charge in [0.15, 0.2) is 0 Å². The number of carboxylic acid groups (broad SMARTS) is 1. The van der Waals surface area contributed by atoms with Crippen LogP contribution in [0.3, 0.4) is 0 Å². The molecule has 5 nitrogen and oxygen atoms in total. The molecule has 0 spiro atoms. The van der Waals surface area contributed by atoms with Crippen molar-refractivity contribution in [3.63, 3.8) is 0 Å². The number of likely N-dealkylation sites (tertiary alicyclic amines) is 1. The number of carbonyl (C=O) groups excluding carboxylic acids is 1. The average Bonchev–Trinajstić information content (AvgIpc) is 2.33. The Kier molecular flexibility index (Phi) is 5.42. The van der Waals surface area contributed by atoms with Crippen molar-refractivity contribution in [2.45, 2.75) is 66.0 Å². The highest BCUT2D eigenvalue weighted by molar-refractivity contribution is 5.83. The van der Waals surface area contributed by atoms with Crippen LogP contribution in [0.25, 0.3) is 0 Å². The maximum Gasteiger partial charge on any atom is 0.327 e. The molecular weight excluding hydrogens is 256 g/mol. The first-order valence-corrected chi connectivity index (χ1v) is 7.50. The number of hydrogen-bond donors (Lipinski definition) is 2. The van der Waals surface area contributed by atoms with Gasteiger partial charge in [0, 0.05) is 12.6 Å². The number of rotatable bonds is 4. The van der Waals surface area contributed by atoms with Crippen LogP contribution in [-0.2, 0) is 4.79 Å². The van der Waals surface area contributed by atoms with Gasteiger partial charge in [-0.2, -0.15) is 0 Å². The van der Waals surface area contributed by atoms with Crippen molar-refractivity contribution in [1.29, 1.82) is 0 Å². The second-order valence-corrected chi connectivity index (χ2v) is 6.73. The fourth-order valence-electron chi connectivity index (χ4n) is 3.06. The number of amides is 2. The summed E-state index contributed by atoms with van der Waals surface area (Å²) in [6.45, 7) is 10.5. The molecular formula is C15H28N2O3. The lowest BCUT2D eigenvalue weighted by atomic mass is 9.76. The van der Waals surface area contributed by atoms with E-state index >= 15 is 0 Å². The van der Waals surface area contributed by atoms with E-state index < -0.39 is 12.0 Å². The summed E-state index contributed by atoms with van der Waals surface area (Å²) in [6, 6.07) is -0.909. The molecule has 2 unspecified atom stereocenters. The molecule has 0 bridgehead atoms. The van der Waals surface area contributed by atoms with Gasteiger partial charge in [0.2, 0.25) is 0 Å². The minimum Gasteiger partial charge on any atom is -0.480 e. The monoisotopic (exact) mass is 284 g/mol. The minimum atomic E-state index is -0.914. The average molecular weight is 284 g/mol. The Balaban J connectivity index is 2.86. The third-order valence-corrected chi connectivity index (χ3v) is 4.32. The SMILES string of the molecule is CCC(NC(=O)N1CCCC(C)(C)C1C(=O)O)C(C)C. The van der Waals surface area contributed by atoms with Crippen molar-refractivity contribution >= 4 is 12.0 Å². The molecule has 1 saturated heterocycles. The van der Waals surface area contributed by atoms with E-state index in [0.717, 1.165) is 19.3 Å². The van der Waals surface area contributed by atoms with Crippen molar-refractivity contribution in [2.24, 2.45) is 11.3 Å². The van der Waals surface area contributed by atoms with Crippen molar-refractivity contribution in [3.8, 4) is 0 Å². The lowest BCUT2D eigenvalue weighted by Gasteiger charge is -2.44. The highest BCUT2D eigenvalue weighted by Crippen LogP contribution is 2.35. The Labute approximate surface area is 121 Å².